The van der Waals surface area contributed by atoms with Gasteiger partial charge in [0.15, 0.2) is 24.6 Å². The highest BCUT2D eigenvalue weighted by atomic mass is 16.7. The molecule has 0 amide bonds. The monoisotopic (exact) mass is 1170 g/mol. The predicted octanol–water partition coefficient (Wildman–Crippen LogP) is 18.5. The van der Waals surface area contributed by atoms with Crippen molar-refractivity contribution in [2.24, 2.45) is 0 Å². The molecule has 0 aliphatic carbocycles. The summed E-state index contributed by atoms with van der Waals surface area (Å²) in [6, 6.07) is 0. The van der Waals surface area contributed by atoms with Gasteiger partial charge in [-0.1, -0.05) is 267 Å². The maximum absolute atomic E-state index is 13.2. The largest absolute Gasteiger partial charge is 0.479 e. The first-order valence-electron chi connectivity index (χ1n) is 33.9. The number of allylic oxidation sites excluding steroid dienone is 12. The number of carboxylic acids is 1. The normalized spacial score (nSPS) is 18.0. The molecule has 12 heteroatoms. The fourth-order valence-electron chi connectivity index (χ4n) is 10.1. The standard InChI is InChI=1S/C71H122O12/c1-4-7-10-13-16-19-22-25-28-31-32-35-36-39-42-45-48-51-54-57-63(72)79-60-62(81-64(73)58-55-52-49-46-43-40-37-33-29-26-23-20-17-14-11-8-5-2)61-80-71-69(67(76)66(75)68(83-71)70(77)78)82-65(74)59-56-53-50-47-44-41-38-34-30-27-24-21-18-15-12-9-6-3/h7,10,16,18-19,21,25,27-28,30,32,35,62,66-69,71,75-76H,4-6,8-9,11-15,17,20,22-24,26,29,31,33-34,36-61H2,1-3H3,(H,77,78)/b10-7-,19-16-,21-18-,28-25-,30-27-,35-32-. The minimum absolute atomic E-state index is 0.0501. The van der Waals surface area contributed by atoms with Crippen LogP contribution in [0.1, 0.15) is 303 Å². The van der Waals surface area contributed by atoms with Gasteiger partial charge in [0.1, 0.15) is 18.8 Å². The maximum atomic E-state index is 13.2. The fraction of sp³-hybridized carbons (Fsp3) is 0.775. The smallest absolute Gasteiger partial charge is 0.335 e. The second-order valence-electron chi connectivity index (χ2n) is 23.1. The van der Waals surface area contributed by atoms with E-state index >= 15 is 0 Å². The number of ether oxygens (including phenoxy) is 5. The number of rotatable bonds is 58. The third kappa shape index (κ3) is 48.0. The summed E-state index contributed by atoms with van der Waals surface area (Å²) < 4.78 is 28.6. The van der Waals surface area contributed by atoms with Crippen molar-refractivity contribution in [3.63, 3.8) is 0 Å². The Labute approximate surface area is 506 Å². The summed E-state index contributed by atoms with van der Waals surface area (Å²) in [5.41, 5.74) is 0. The van der Waals surface area contributed by atoms with E-state index in [1.807, 2.05) is 0 Å². The molecule has 6 atom stereocenters. The van der Waals surface area contributed by atoms with Crippen molar-refractivity contribution >= 4 is 23.9 Å². The third-order valence-corrected chi connectivity index (χ3v) is 15.3. The lowest BCUT2D eigenvalue weighted by Crippen LogP contribution is -2.61. The van der Waals surface area contributed by atoms with Crippen molar-refractivity contribution in [3.8, 4) is 0 Å². The SMILES string of the molecule is CC/C=C\C/C=C\C/C=C\C/C=C\CCCCCCCCC(=O)OCC(COC1OC(C(=O)O)C(O)C(O)C1OC(=O)CCCCCCCCC/C=C\C/C=C\CCCCC)OC(=O)CCCCCCCCCCCCCCCCCCC. The van der Waals surface area contributed by atoms with E-state index < -0.39 is 67.3 Å². The van der Waals surface area contributed by atoms with E-state index in [-0.39, 0.29) is 25.9 Å². The summed E-state index contributed by atoms with van der Waals surface area (Å²) in [6.07, 6.45) is 62.8. The number of hydrogen-bond acceptors (Lipinski definition) is 11. The average molecular weight is 1170 g/mol. The topological polar surface area (TPSA) is 175 Å². The summed E-state index contributed by atoms with van der Waals surface area (Å²) >= 11 is 0. The number of aliphatic hydroxyl groups excluding tert-OH is 2. The van der Waals surface area contributed by atoms with E-state index in [0.29, 0.717) is 19.3 Å². The predicted molar refractivity (Wildman–Crippen MR) is 340 cm³/mol. The number of aliphatic carboxylic acids is 1. The minimum atomic E-state index is -1.91. The molecular weight excluding hydrogens is 1040 g/mol. The lowest BCUT2D eigenvalue weighted by Gasteiger charge is -2.40. The first-order chi connectivity index (χ1) is 40.6. The molecule has 0 saturated carbocycles. The maximum Gasteiger partial charge on any atom is 0.335 e. The average Bonchev–Trinajstić information content (AvgIpc) is 3.59. The molecule has 0 aromatic carbocycles. The van der Waals surface area contributed by atoms with E-state index in [4.69, 9.17) is 23.7 Å². The van der Waals surface area contributed by atoms with Crippen molar-refractivity contribution in [1.29, 1.82) is 0 Å². The van der Waals surface area contributed by atoms with Crippen molar-refractivity contribution in [2.45, 2.75) is 340 Å². The van der Waals surface area contributed by atoms with Crippen LogP contribution in [0.15, 0.2) is 72.9 Å². The Morgan fingerprint density at radius 3 is 1.18 bits per heavy atom. The Balaban J connectivity index is 2.65. The van der Waals surface area contributed by atoms with Crippen molar-refractivity contribution in [3.05, 3.63) is 72.9 Å². The molecule has 1 saturated heterocycles. The van der Waals surface area contributed by atoms with Gasteiger partial charge >= 0.3 is 23.9 Å². The number of aliphatic hydroxyl groups is 2. The Kier molecular flexibility index (Phi) is 54.4. The van der Waals surface area contributed by atoms with E-state index in [1.54, 1.807) is 0 Å². The third-order valence-electron chi connectivity index (χ3n) is 15.3. The Morgan fingerprint density at radius 2 is 0.759 bits per heavy atom. The van der Waals surface area contributed by atoms with Crippen LogP contribution in [0.3, 0.4) is 0 Å². The highest BCUT2D eigenvalue weighted by molar-refractivity contribution is 5.74. The molecular formula is C71H122O12. The first-order valence-corrected chi connectivity index (χ1v) is 33.9. The Hall–Kier alpha value is -3.84. The molecule has 1 aliphatic heterocycles. The summed E-state index contributed by atoms with van der Waals surface area (Å²) in [5, 5.41) is 31.6. The quantitative estimate of drug-likeness (QED) is 0.0228. The van der Waals surface area contributed by atoms with Crippen LogP contribution in [-0.2, 0) is 42.9 Å². The van der Waals surface area contributed by atoms with Crippen LogP contribution in [0.2, 0.25) is 0 Å². The van der Waals surface area contributed by atoms with Crippen LogP contribution in [0, 0.1) is 0 Å². The number of unbranched alkanes of at least 4 members (excludes halogenated alkanes) is 32. The van der Waals surface area contributed by atoms with Crippen LogP contribution >= 0.6 is 0 Å². The van der Waals surface area contributed by atoms with E-state index in [0.717, 1.165) is 141 Å². The lowest BCUT2D eigenvalue weighted by atomic mass is 9.98. The summed E-state index contributed by atoms with van der Waals surface area (Å²) in [6.45, 7) is 5.89. The second kappa shape index (κ2) is 58.5. The first kappa shape index (κ1) is 77.2. The molecule has 0 spiro atoms. The van der Waals surface area contributed by atoms with Gasteiger partial charge in [0.2, 0.25) is 0 Å². The molecule has 83 heavy (non-hydrogen) atoms. The molecule has 1 aliphatic rings. The summed E-state index contributed by atoms with van der Waals surface area (Å²) in [7, 11) is 0. The van der Waals surface area contributed by atoms with Crippen LogP contribution in [0.25, 0.3) is 0 Å². The zero-order valence-corrected chi connectivity index (χ0v) is 52.9. The van der Waals surface area contributed by atoms with Gasteiger partial charge in [0, 0.05) is 19.3 Å². The fourth-order valence-corrected chi connectivity index (χ4v) is 10.1. The van der Waals surface area contributed by atoms with E-state index in [9.17, 15) is 34.5 Å². The molecule has 1 rings (SSSR count). The van der Waals surface area contributed by atoms with Gasteiger partial charge in [0.05, 0.1) is 6.61 Å². The second-order valence-corrected chi connectivity index (χ2v) is 23.1. The van der Waals surface area contributed by atoms with Gasteiger partial charge in [-0.15, -0.1) is 0 Å². The summed E-state index contributed by atoms with van der Waals surface area (Å²) in [4.78, 5) is 51.4. The zero-order chi connectivity index (χ0) is 60.3. The molecule has 1 heterocycles. The molecule has 0 aromatic rings. The van der Waals surface area contributed by atoms with Gasteiger partial charge in [-0.05, 0) is 89.9 Å². The van der Waals surface area contributed by atoms with Crippen LogP contribution < -0.4 is 0 Å². The number of carbonyl (C=O) groups excluding carboxylic acids is 3. The van der Waals surface area contributed by atoms with Gasteiger partial charge in [-0.2, -0.15) is 0 Å². The minimum Gasteiger partial charge on any atom is -0.479 e. The molecule has 6 unspecified atom stereocenters. The van der Waals surface area contributed by atoms with Crippen molar-refractivity contribution in [2.75, 3.05) is 13.2 Å². The van der Waals surface area contributed by atoms with Gasteiger partial charge in [0.25, 0.3) is 0 Å². The van der Waals surface area contributed by atoms with Gasteiger partial charge in [-0.3, -0.25) is 14.4 Å². The van der Waals surface area contributed by atoms with Crippen molar-refractivity contribution in [1.82, 2.24) is 0 Å². The lowest BCUT2D eigenvalue weighted by molar-refractivity contribution is -0.301. The van der Waals surface area contributed by atoms with Gasteiger partial charge < -0.3 is 39.0 Å². The summed E-state index contributed by atoms with van der Waals surface area (Å²) in [5.74, 6) is -3.13. The van der Waals surface area contributed by atoms with Crippen LogP contribution in [0.4, 0.5) is 0 Å². The van der Waals surface area contributed by atoms with Crippen LogP contribution in [0.5, 0.6) is 0 Å². The molecule has 3 N–H and O–H groups in total. The Bertz CT molecular complexity index is 1720. The van der Waals surface area contributed by atoms with Crippen molar-refractivity contribution < 1.29 is 58.2 Å². The van der Waals surface area contributed by atoms with Crippen LogP contribution in [-0.4, -0.2) is 89.2 Å². The number of hydrogen-bond donors (Lipinski definition) is 3. The molecule has 1 fully saturated rings. The van der Waals surface area contributed by atoms with E-state index in [2.05, 4.69) is 93.7 Å². The van der Waals surface area contributed by atoms with Gasteiger partial charge in [-0.25, -0.2) is 4.79 Å². The molecule has 478 valence electrons. The molecule has 0 aromatic heterocycles. The highest BCUT2D eigenvalue weighted by Crippen LogP contribution is 2.27. The molecule has 12 nitrogen and oxygen atoms in total. The van der Waals surface area contributed by atoms with E-state index in [1.165, 1.54) is 103 Å². The Morgan fingerprint density at radius 1 is 0.410 bits per heavy atom. The number of carbonyl (C=O) groups is 4. The zero-order valence-electron chi connectivity index (χ0n) is 52.9. The molecule has 0 bridgehead atoms. The number of esters is 3. The molecule has 0 radical (unpaired) electrons. The number of carboxylic acid groups (broad SMARTS) is 1. The highest BCUT2D eigenvalue weighted by Gasteiger charge is 2.50.